The van der Waals surface area contributed by atoms with Gasteiger partial charge in [0, 0.05) is 58.5 Å². The zero-order valence-corrected chi connectivity index (χ0v) is 18.3. The third-order valence-electron chi connectivity index (χ3n) is 6.00. The number of H-pyrrole nitrogens is 1. The molecule has 0 atom stereocenters. The minimum absolute atomic E-state index is 0.0508. The fraction of sp³-hybridized carbons (Fsp3) is 0.200. The third-order valence-corrected chi connectivity index (χ3v) is 6.00. The number of aromatic amines is 1. The molecular formula is C25H23N3O5. The normalized spacial score (nSPS) is 13.9. The molecular weight excluding hydrogens is 422 g/mol. The highest BCUT2D eigenvalue weighted by molar-refractivity contribution is 6.50. The Hall–Kier alpha value is -4.04. The van der Waals surface area contributed by atoms with Crippen LogP contribution in [0.1, 0.15) is 17.5 Å². The van der Waals surface area contributed by atoms with Crippen molar-refractivity contribution in [3.8, 4) is 11.5 Å². The summed E-state index contributed by atoms with van der Waals surface area (Å²) in [4.78, 5) is 29.2. The summed E-state index contributed by atoms with van der Waals surface area (Å²) < 4.78 is 12.8. The van der Waals surface area contributed by atoms with Crippen molar-refractivity contribution in [2.45, 2.75) is 13.0 Å². The van der Waals surface area contributed by atoms with Gasteiger partial charge in [0.15, 0.2) is 0 Å². The molecule has 0 unspecified atom stereocenters. The van der Waals surface area contributed by atoms with E-state index in [1.165, 1.54) is 0 Å². The van der Waals surface area contributed by atoms with Crippen molar-refractivity contribution in [3.63, 3.8) is 0 Å². The van der Waals surface area contributed by atoms with E-state index in [0.29, 0.717) is 46.7 Å². The van der Waals surface area contributed by atoms with Gasteiger partial charge in [-0.1, -0.05) is 0 Å². The summed E-state index contributed by atoms with van der Waals surface area (Å²) in [5.74, 6) is 0.405. The first-order valence-corrected chi connectivity index (χ1v) is 10.6. The van der Waals surface area contributed by atoms with Crippen molar-refractivity contribution in [3.05, 3.63) is 59.9 Å². The van der Waals surface area contributed by atoms with Crippen molar-refractivity contribution in [2.24, 2.45) is 0 Å². The number of amides is 2. The van der Waals surface area contributed by atoms with Crippen LogP contribution in [-0.2, 0) is 16.1 Å². The number of nitrogens with zero attached hydrogens (tertiary/aromatic N) is 1. The van der Waals surface area contributed by atoms with Gasteiger partial charge >= 0.3 is 0 Å². The number of aliphatic hydroxyl groups excluding tert-OH is 1. The lowest BCUT2D eigenvalue weighted by Crippen LogP contribution is -2.22. The minimum atomic E-state index is -0.448. The number of carbonyl (C=O) groups is 2. The number of aliphatic hydroxyl groups is 1. The minimum Gasteiger partial charge on any atom is -0.497 e. The first kappa shape index (κ1) is 20.8. The Morgan fingerprint density at radius 1 is 0.909 bits per heavy atom. The van der Waals surface area contributed by atoms with Crippen molar-refractivity contribution in [1.82, 2.24) is 14.9 Å². The van der Waals surface area contributed by atoms with Crippen LogP contribution in [0.2, 0.25) is 0 Å². The zero-order chi connectivity index (χ0) is 23.1. The van der Waals surface area contributed by atoms with Gasteiger partial charge in [-0.25, -0.2) is 0 Å². The monoisotopic (exact) mass is 445 g/mol. The summed E-state index contributed by atoms with van der Waals surface area (Å²) in [5, 5.41) is 13.4. The Kier molecular flexibility index (Phi) is 5.14. The number of aromatic nitrogens is 2. The Morgan fingerprint density at radius 3 is 2.27 bits per heavy atom. The molecule has 1 aliphatic rings. The molecule has 0 saturated carbocycles. The van der Waals surface area contributed by atoms with Crippen LogP contribution in [0.5, 0.6) is 11.5 Å². The third kappa shape index (κ3) is 3.35. The van der Waals surface area contributed by atoms with Crippen LogP contribution in [0.4, 0.5) is 0 Å². The van der Waals surface area contributed by atoms with Gasteiger partial charge in [-0.05, 0) is 42.8 Å². The Morgan fingerprint density at radius 2 is 1.58 bits per heavy atom. The maximum absolute atomic E-state index is 13.1. The predicted octanol–water partition coefficient (Wildman–Crippen LogP) is 3.09. The first-order valence-electron chi connectivity index (χ1n) is 10.6. The zero-order valence-electron chi connectivity index (χ0n) is 18.3. The molecule has 33 heavy (non-hydrogen) atoms. The molecule has 3 heterocycles. The lowest BCUT2D eigenvalue weighted by atomic mass is 9.95. The number of ether oxygens (including phenoxy) is 2. The first-order chi connectivity index (χ1) is 16.0. The molecule has 0 fully saturated rings. The predicted molar refractivity (Wildman–Crippen MR) is 125 cm³/mol. The average molecular weight is 445 g/mol. The largest absolute Gasteiger partial charge is 0.497 e. The number of benzene rings is 2. The van der Waals surface area contributed by atoms with Gasteiger partial charge in [0.05, 0.1) is 25.4 Å². The highest BCUT2D eigenvalue weighted by Gasteiger charge is 2.35. The standard InChI is InChI=1S/C25H23N3O5/c1-32-14-4-6-20-16(10-14)18(12-26-20)22-23(25(31)27-24(22)30)19-13-28(8-3-9-29)21-7-5-15(33-2)11-17(19)21/h4-7,10-13,26,29H,3,8-9H2,1-2H3,(H,27,30,31). The van der Waals surface area contributed by atoms with Crippen LogP contribution in [-0.4, -0.2) is 47.3 Å². The number of imide groups is 1. The molecule has 2 amide bonds. The molecule has 8 nitrogen and oxygen atoms in total. The molecule has 168 valence electrons. The SMILES string of the molecule is COc1ccc2[nH]cc(C3=C(c4cn(CCCO)c5ccc(OC)cc45)C(=O)NC3=O)c2c1. The van der Waals surface area contributed by atoms with Crippen LogP contribution in [0, 0.1) is 0 Å². The molecule has 0 aliphatic carbocycles. The fourth-order valence-electron chi connectivity index (χ4n) is 4.43. The second-order valence-electron chi connectivity index (χ2n) is 7.84. The Bertz CT molecular complexity index is 1440. The van der Waals surface area contributed by atoms with Crippen molar-refractivity contribution < 1.29 is 24.2 Å². The summed E-state index contributed by atoms with van der Waals surface area (Å²) in [6.07, 6.45) is 4.17. The molecule has 2 aromatic heterocycles. The maximum Gasteiger partial charge on any atom is 0.259 e. The number of hydrogen-bond donors (Lipinski definition) is 3. The second kappa shape index (κ2) is 8.14. The summed E-state index contributed by atoms with van der Waals surface area (Å²) >= 11 is 0. The van der Waals surface area contributed by atoms with E-state index in [-0.39, 0.29) is 6.61 Å². The molecule has 0 radical (unpaired) electrons. The van der Waals surface area contributed by atoms with Crippen molar-refractivity contribution >= 4 is 44.8 Å². The summed E-state index contributed by atoms with van der Waals surface area (Å²) in [7, 11) is 3.16. The van der Waals surface area contributed by atoms with E-state index in [9.17, 15) is 14.7 Å². The number of aryl methyl sites for hydroxylation is 1. The van der Waals surface area contributed by atoms with Crippen LogP contribution < -0.4 is 14.8 Å². The van der Waals surface area contributed by atoms with E-state index >= 15 is 0 Å². The van der Waals surface area contributed by atoms with Crippen LogP contribution in [0.15, 0.2) is 48.8 Å². The average Bonchev–Trinajstić information content (AvgIpc) is 3.49. The van der Waals surface area contributed by atoms with E-state index in [1.807, 2.05) is 47.2 Å². The lowest BCUT2D eigenvalue weighted by Gasteiger charge is -2.05. The van der Waals surface area contributed by atoms with E-state index in [2.05, 4.69) is 10.3 Å². The highest BCUT2D eigenvalue weighted by atomic mass is 16.5. The van der Waals surface area contributed by atoms with Gasteiger partial charge in [-0.15, -0.1) is 0 Å². The Balaban J connectivity index is 1.79. The quantitative estimate of drug-likeness (QED) is 0.379. The number of nitrogens with one attached hydrogen (secondary N) is 2. The molecule has 4 aromatic rings. The van der Waals surface area contributed by atoms with Crippen LogP contribution in [0.3, 0.4) is 0 Å². The lowest BCUT2D eigenvalue weighted by molar-refractivity contribution is -0.122. The topological polar surface area (TPSA) is 106 Å². The van der Waals surface area contributed by atoms with E-state index < -0.39 is 11.8 Å². The molecule has 0 bridgehead atoms. The maximum atomic E-state index is 13.1. The van der Waals surface area contributed by atoms with Crippen molar-refractivity contribution in [1.29, 1.82) is 0 Å². The number of fused-ring (bicyclic) bond motifs is 2. The molecule has 8 heteroatoms. The fourth-order valence-corrected chi connectivity index (χ4v) is 4.43. The van der Waals surface area contributed by atoms with Gasteiger partial charge in [-0.3, -0.25) is 14.9 Å². The number of hydrogen-bond acceptors (Lipinski definition) is 5. The van der Waals surface area contributed by atoms with Crippen LogP contribution in [0.25, 0.3) is 33.0 Å². The summed E-state index contributed by atoms with van der Waals surface area (Å²) in [6.45, 7) is 0.622. The van der Waals surface area contributed by atoms with Gasteiger partial charge < -0.3 is 24.1 Å². The van der Waals surface area contributed by atoms with E-state index in [4.69, 9.17) is 9.47 Å². The number of rotatable bonds is 7. The molecule has 0 saturated heterocycles. The van der Waals surface area contributed by atoms with Gasteiger partial charge in [-0.2, -0.15) is 0 Å². The highest BCUT2D eigenvalue weighted by Crippen LogP contribution is 2.39. The number of carbonyl (C=O) groups excluding carboxylic acids is 2. The van der Waals surface area contributed by atoms with Crippen LogP contribution >= 0.6 is 0 Å². The van der Waals surface area contributed by atoms with Gasteiger partial charge in [0.25, 0.3) is 11.8 Å². The summed E-state index contributed by atoms with van der Waals surface area (Å²) in [6, 6.07) is 11.2. The van der Waals surface area contributed by atoms with Gasteiger partial charge in [0.2, 0.25) is 0 Å². The van der Waals surface area contributed by atoms with Crippen molar-refractivity contribution in [2.75, 3.05) is 20.8 Å². The Labute approximate surface area is 189 Å². The summed E-state index contributed by atoms with van der Waals surface area (Å²) in [5.41, 5.74) is 3.60. The molecule has 1 aliphatic heterocycles. The van der Waals surface area contributed by atoms with E-state index in [0.717, 1.165) is 21.8 Å². The smallest absolute Gasteiger partial charge is 0.259 e. The molecule has 5 rings (SSSR count). The number of methoxy groups -OCH3 is 2. The van der Waals surface area contributed by atoms with Gasteiger partial charge in [0.1, 0.15) is 11.5 Å². The van der Waals surface area contributed by atoms with E-state index in [1.54, 1.807) is 20.4 Å². The molecule has 0 spiro atoms. The second-order valence-corrected chi connectivity index (χ2v) is 7.84. The molecule has 2 aromatic carbocycles. The molecule has 3 N–H and O–H groups in total.